The standard InChI is InChI=1S/C20H33N3O.ClH/c1-16(2)18-5-7-19(8-6-18)17(3)15-20(24)22-9-4-12-23-13-10-21-11-14-23;/h5-8,16-17,21H,4,9-15H2,1-3H3,(H,22,24);1H. The first-order valence-corrected chi connectivity index (χ1v) is 9.36. The van der Waals surface area contributed by atoms with E-state index in [1.54, 1.807) is 0 Å². The summed E-state index contributed by atoms with van der Waals surface area (Å²) in [5, 5.41) is 6.43. The van der Waals surface area contributed by atoms with Gasteiger partial charge in [-0.1, -0.05) is 45.0 Å². The number of nitrogens with zero attached hydrogens (tertiary/aromatic N) is 1. The fourth-order valence-electron chi connectivity index (χ4n) is 3.14. The number of hydrogen-bond donors (Lipinski definition) is 2. The van der Waals surface area contributed by atoms with Gasteiger partial charge in [0.15, 0.2) is 0 Å². The summed E-state index contributed by atoms with van der Waals surface area (Å²) in [5.41, 5.74) is 2.60. The van der Waals surface area contributed by atoms with Crippen LogP contribution in [0, 0.1) is 0 Å². The number of piperazine rings is 1. The van der Waals surface area contributed by atoms with Gasteiger partial charge in [-0.05, 0) is 35.9 Å². The lowest BCUT2D eigenvalue weighted by atomic mass is 9.94. The van der Waals surface area contributed by atoms with Crippen LogP contribution in [-0.4, -0.2) is 50.1 Å². The summed E-state index contributed by atoms with van der Waals surface area (Å²) in [5.74, 6) is 0.975. The zero-order valence-electron chi connectivity index (χ0n) is 15.9. The second-order valence-corrected chi connectivity index (χ2v) is 7.22. The van der Waals surface area contributed by atoms with Crippen LogP contribution in [0.1, 0.15) is 56.6 Å². The van der Waals surface area contributed by atoms with Crippen LogP contribution in [0.3, 0.4) is 0 Å². The van der Waals surface area contributed by atoms with Crippen LogP contribution in [0.2, 0.25) is 0 Å². The summed E-state index contributed by atoms with van der Waals surface area (Å²) < 4.78 is 0. The van der Waals surface area contributed by atoms with Crippen LogP contribution < -0.4 is 10.6 Å². The first kappa shape index (κ1) is 21.9. The van der Waals surface area contributed by atoms with Crippen molar-refractivity contribution in [2.75, 3.05) is 39.3 Å². The molecule has 0 aliphatic carbocycles. The number of nitrogens with one attached hydrogen (secondary N) is 2. The molecule has 1 aromatic carbocycles. The molecule has 0 aromatic heterocycles. The lowest BCUT2D eigenvalue weighted by Crippen LogP contribution is -2.44. The highest BCUT2D eigenvalue weighted by Gasteiger charge is 2.12. The molecule has 0 saturated carbocycles. The van der Waals surface area contributed by atoms with E-state index >= 15 is 0 Å². The first-order valence-electron chi connectivity index (χ1n) is 9.36. The lowest BCUT2D eigenvalue weighted by Gasteiger charge is -2.27. The highest BCUT2D eigenvalue weighted by Crippen LogP contribution is 2.22. The number of amides is 1. The van der Waals surface area contributed by atoms with Crippen LogP contribution in [0.4, 0.5) is 0 Å². The Kier molecular flexibility index (Phi) is 10.1. The molecule has 142 valence electrons. The van der Waals surface area contributed by atoms with Gasteiger partial charge in [-0.25, -0.2) is 0 Å². The fourth-order valence-corrected chi connectivity index (χ4v) is 3.14. The maximum absolute atomic E-state index is 12.1. The van der Waals surface area contributed by atoms with E-state index in [0.29, 0.717) is 12.3 Å². The first-order chi connectivity index (χ1) is 11.6. The highest BCUT2D eigenvalue weighted by molar-refractivity contribution is 5.85. The normalized spacial score (nSPS) is 16.3. The molecule has 1 amide bonds. The van der Waals surface area contributed by atoms with Crippen LogP contribution in [0.5, 0.6) is 0 Å². The summed E-state index contributed by atoms with van der Waals surface area (Å²) in [6.07, 6.45) is 1.60. The molecular formula is C20H34ClN3O. The second kappa shape index (κ2) is 11.5. The Hall–Kier alpha value is -1.10. The van der Waals surface area contributed by atoms with Crippen molar-refractivity contribution >= 4 is 18.3 Å². The molecule has 1 saturated heterocycles. The molecule has 1 heterocycles. The van der Waals surface area contributed by atoms with E-state index in [2.05, 4.69) is 60.6 Å². The van der Waals surface area contributed by atoms with Gasteiger partial charge < -0.3 is 15.5 Å². The molecule has 25 heavy (non-hydrogen) atoms. The summed E-state index contributed by atoms with van der Waals surface area (Å²) in [4.78, 5) is 14.6. The molecular weight excluding hydrogens is 334 g/mol. The van der Waals surface area contributed by atoms with Crippen molar-refractivity contribution in [3.05, 3.63) is 35.4 Å². The predicted molar refractivity (Wildman–Crippen MR) is 108 cm³/mol. The molecule has 1 aliphatic rings. The molecule has 5 heteroatoms. The molecule has 1 aliphatic heterocycles. The van der Waals surface area contributed by atoms with Crippen molar-refractivity contribution < 1.29 is 4.79 Å². The Labute approximate surface area is 159 Å². The minimum atomic E-state index is 0. The Balaban J connectivity index is 0.00000312. The zero-order valence-corrected chi connectivity index (χ0v) is 16.7. The molecule has 1 aromatic rings. The van der Waals surface area contributed by atoms with Gasteiger partial charge in [0.05, 0.1) is 0 Å². The predicted octanol–water partition coefficient (Wildman–Crippen LogP) is 3.14. The topological polar surface area (TPSA) is 44.4 Å². The largest absolute Gasteiger partial charge is 0.356 e. The Morgan fingerprint density at radius 2 is 1.72 bits per heavy atom. The fraction of sp³-hybridized carbons (Fsp3) is 0.650. The Morgan fingerprint density at radius 1 is 1.12 bits per heavy atom. The van der Waals surface area contributed by atoms with Crippen molar-refractivity contribution in [1.82, 2.24) is 15.5 Å². The molecule has 1 atom stereocenters. The average Bonchev–Trinajstić information content (AvgIpc) is 2.59. The SMILES string of the molecule is CC(C)c1ccc(C(C)CC(=O)NCCCN2CCNCC2)cc1.Cl. The number of carbonyl (C=O) groups is 1. The smallest absolute Gasteiger partial charge is 0.220 e. The van der Waals surface area contributed by atoms with Gasteiger partial charge in [0.1, 0.15) is 0 Å². The molecule has 1 fully saturated rings. The average molecular weight is 368 g/mol. The summed E-state index contributed by atoms with van der Waals surface area (Å²) >= 11 is 0. The van der Waals surface area contributed by atoms with Gasteiger partial charge >= 0.3 is 0 Å². The van der Waals surface area contributed by atoms with Gasteiger partial charge in [-0.15, -0.1) is 12.4 Å². The summed E-state index contributed by atoms with van der Waals surface area (Å²) in [6.45, 7) is 12.8. The van der Waals surface area contributed by atoms with Gasteiger partial charge in [0.25, 0.3) is 0 Å². The van der Waals surface area contributed by atoms with Crippen LogP contribution in [0.25, 0.3) is 0 Å². The van der Waals surface area contributed by atoms with Crippen molar-refractivity contribution in [2.24, 2.45) is 0 Å². The molecule has 2 N–H and O–H groups in total. The van der Waals surface area contributed by atoms with Gasteiger partial charge in [0.2, 0.25) is 5.91 Å². The van der Waals surface area contributed by atoms with E-state index < -0.39 is 0 Å². The van der Waals surface area contributed by atoms with E-state index in [0.717, 1.165) is 45.7 Å². The minimum absolute atomic E-state index is 0. The molecule has 0 radical (unpaired) electrons. The highest BCUT2D eigenvalue weighted by atomic mass is 35.5. The van der Waals surface area contributed by atoms with Crippen molar-refractivity contribution in [1.29, 1.82) is 0 Å². The third-order valence-electron chi connectivity index (χ3n) is 4.85. The van der Waals surface area contributed by atoms with E-state index in [4.69, 9.17) is 0 Å². The Bertz CT molecular complexity index is 498. The van der Waals surface area contributed by atoms with Crippen LogP contribution >= 0.6 is 12.4 Å². The van der Waals surface area contributed by atoms with E-state index in [9.17, 15) is 4.79 Å². The third kappa shape index (κ3) is 7.76. The summed E-state index contributed by atoms with van der Waals surface area (Å²) in [7, 11) is 0. The van der Waals surface area contributed by atoms with Crippen LogP contribution in [0.15, 0.2) is 24.3 Å². The molecule has 2 rings (SSSR count). The van der Waals surface area contributed by atoms with Gasteiger partial charge in [0, 0.05) is 39.1 Å². The number of halogens is 1. The number of carbonyl (C=O) groups excluding carboxylic acids is 1. The van der Waals surface area contributed by atoms with Crippen molar-refractivity contribution in [3.8, 4) is 0 Å². The maximum atomic E-state index is 12.1. The van der Waals surface area contributed by atoms with Gasteiger partial charge in [-0.3, -0.25) is 4.79 Å². The second-order valence-electron chi connectivity index (χ2n) is 7.22. The quantitative estimate of drug-likeness (QED) is 0.694. The molecule has 4 nitrogen and oxygen atoms in total. The van der Waals surface area contributed by atoms with Crippen molar-refractivity contribution in [3.63, 3.8) is 0 Å². The number of benzene rings is 1. The summed E-state index contributed by atoms with van der Waals surface area (Å²) in [6, 6.07) is 8.69. The van der Waals surface area contributed by atoms with E-state index in [-0.39, 0.29) is 24.2 Å². The molecule has 1 unspecified atom stereocenters. The van der Waals surface area contributed by atoms with E-state index in [1.807, 2.05) is 0 Å². The van der Waals surface area contributed by atoms with E-state index in [1.165, 1.54) is 11.1 Å². The minimum Gasteiger partial charge on any atom is -0.356 e. The zero-order chi connectivity index (χ0) is 17.4. The van der Waals surface area contributed by atoms with Crippen molar-refractivity contribution in [2.45, 2.75) is 45.4 Å². The van der Waals surface area contributed by atoms with Gasteiger partial charge in [-0.2, -0.15) is 0 Å². The molecule has 0 bridgehead atoms. The Morgan fingerprint density at radius 3 is 2.32 bits per heavy atom. The number of rotatable bonds is 8. The number of hydrogen-bond acceptors (Lipinski definition) is 3. The third-order valence-corrected chi connectivity index (χ3v) is 4.85. The monoisotopic (exact) mass is 367 g/mol. The molecule has 0 spiro atoms. The maximum Gasteiger partial charge on any atom is 0.220 e. The van der Waals surface area contributed by atoms with Crippen LogP contribution in [-0.2, 0) is 4.79 Å². The lowest BCUT2D eigenvalue weighted by molar-refractivity contribution is -0.121.